The standard InChI is InChI=1S/C12H25NO/c1-5-6-7-8-9-11(14)10-13-12(2,3)4/h13H,5-10H2,1-4H3. The van der Waals surface area contributed by atoms with Crippen LogP contribution >= 0.6 is 0 Å². The highest BCUT2D eigenvalue weighted by atomic mass is 16.1. The van der Waals surface area contributed by atoms with Crippen molar-refractivity contribution in [2.24, 2.45) is 0 Å². The predicted octanol–water partition coefficient (Wildman–Crippen LogP) is 2.91. The summed E-state index contributed by atoms with van der Waals surface area (Å²) in [6, 6.07) is 0. The quantitative estimate of drug-likeness (QED) is 0.639. The smallest absolute Gasteiger partial charge is 0.146 e. The summed E-state index contributed by atoms with van der Waals surface area (Å²) in [6.45, 7) is 8.95. The Balaban J connectivity index is 3.38. The molecule has 0 fully saturated rings. The van der Waals surface area contributed by atoms with Crippen LogP contribution in [0.5, 0.6) is 0 Å². The van der Waals surface area contributed by atoms with Crippen molar-refractivity contribution in [2.75, 3.05) is 6.54 Å². The van der Waals surface area contributed by atoms with E-state index in [1.54, 1.807) is 0 Å². The van der Waals surface area contributed by atoms with E-state index in [0.717, 1.165) is 12.8 Å². The Morgan fingerprint density at radius 1 is 1.14 bits per heavy atom. The molecule has 0 heterocycles. The van der Waals surface area contributed by atoms with Gasteiger partial charge in [-0.15, -0.1) is 0 Å². The van der Waals surface area contributed by atoms with Gasteiger partial charge >= 0.3 is 0 Å². The maximum Gasteiger partial charge on any atom is 0.146 e. The maximum atomic E-state index is 11.4. The third-order valence-electron chi connectivity index (χ3n) is 2.13. The molecule has 0 aliphatic rings. The second-order valence-electron chi connectivity index (χ2n) is 4.95. The van der Waals surface area contributed by atoms with Crippen LogP contribution in [-0.2, 0) is 4.79 Å². The molecule has 0 aliphatic carbocycles. The molecule has 14 heavy (non-hydrogen) atoms. The summed E-state index contributed by atoms with van der Waals surface area (Å²) in [6.07, 6.45) is 5.47. The number of nitrogens with one attached hydrogen (secondary N) is 1. The number of Topliss-reactive ketones (excluding diaryl/α,β-unsaturated/α-hetero) is 1. The van der Waals surface area contributed by atoms with Gasteiger partial charge < -0.3 is 5.32 Å². The zero-order valence-corrected chi connectivity index (χ0v) is 10.2. The number of carbonyl (C=O) groups excluding carboxylic acids is 1. The van der Waals surface area contributed by atoms with Gasteiger partial charge in [0.15, 0.2) is 0 Å². The van der Waals surface area contributed by atoms with Crippen molar-refractivity contribution in [3.63, 3.8) is 0 Å². The van der Waals surface area contributed by atoms with E-state index in [-0.39, 0.29) is 5.54 Å². The van der Waals surface area contributed by atoms with E-state index in [2.05, 4.69) is 33.0 Å². The van der Waals surface area contributed by atoms with E-state index in [1.807, 2.05) is 0 Å². The van der Waals surface area contributed by atoms with Gasteiger partial charge in [-0.25, -0.2) is 0 Å². The minimum Gasteiger partial charge on any atom is -0.305 e. The van der Waals surface area contributed by atoms with Crippen molar-refractivity contribution >= 4 is 5.78 Å². The molecule has 0 amide bonds. The van der Waals surface area contributed by atoms with Crippen LogP contribution in [0.25, 0.3) is 0 Å². The van der Waals surface area contributed by atoms with Crippen molar-refractivity contribution in [3.8, 4) is 0 Å². The number of ketones is 1. The molecule has 0 unspecified atom stereocenters. The Labute approximate surface area is 88.5 Å². The molecular formula is C12H25NO. The average Bonchev–Trinajstić information content (AvgIpc) is 2.08. The Morgan fingerprint density at radius 2 is 1.79 bits per heavy atom. The van der Waals surface area contributed by atoms with Gasteiger partial charge in [-0.1, -0.05) is 26.2 Å². The zero-order valence-electron chi connectivity index (χ0n) is 10.2. The fraction of sp³-hybridized carbons (Fsp3) is 0.917. The molecule has 2 heteroatoms. The number of hydrogen-bond acceptors (Lipinski definition) is 2. The second kappa shape index (κ2) is 6.99. The van der Waals surface area contributed by atoms with Crippen LogP contribution in [0.3, 0.4) is 0 Å². The van der Waals surface area contributed by atoms with Gasteiger partial charge in [-0.3, -0.25) is 4.79 Å². The third kappa shape index (κ3) is 9.72. The summed E-state index contributed by atoms with van der Waals surface area (Å²) >= 11 is 0. The minimum absolute atomic E-state index is 0.0546. The van der Waals surface area contributed by atoms with Crippen LogP contribution in [0.4, 0.5) is 0 Å². The first-order valence-electron chi connectivity index (χ1n) is 5.72. The van der Waals surface area contributed by atoms with Crippen molar-refractivity contribution < 1.29 is 4.79 Å². The lowest BCUT2D eigenvalue weighted by molar-refractivity contribution is -0.118. The Kier molecular flexibility index (Phi) is 6.81. The highest BCUT2D eigenvalue weighted by Crippen LogP contribution is 2.03. The van der Waals surface area contributed by atoms with Crippen molar-refractivity contribution in [1.29, 1.82) is 0 Å². The lowest BCUT2D eigenvalue weighted by Gasteiger charge is -2.19. The summed E-state index contributed by atoms with van der Waals surface area (Å²) in [5.74, 6) is 0.344. The number of rotatable bonds is 7. The number of hydrogen-bond donors (Lipinski definition) is 1. The van der Waals surface area contributed by atoms with E-state index in [9.17, 15) is 4.79 Å². The van der Waals surface area contributed by atoms with Crippen LogP contribution < -0.4 is 5.32 Å². The third-order valence-corrected chi connectivity index (χ3v) is 2.13. The fourth-order valence-electron chi connectivity index (χ4n) is 1.20. The second-order valence-corrected chi connectivity index (χ2v) is 4.95. The average molecular weight is 199 g/mol. The van der Waals surface area contributed by atoms with Crippen LogP contribution in [-0.4, -0.2) is 17.9 Å². The van der Waals surface area contributed by atoms with E-state index in [1.165, 1.54) is 19.3 Å². The van der Waals surface area contributed by atoms with Gasteiger partial charge in [-0.05, 0) is 27.2 Å². The normalized spacial score (nSPS) is 11.7. The molecule has 1 N–H and O–H groups in total. The van der Waals surface area contributed by atoms with E-state index in [0.29, 0.717) is 12.3 Å². The molecule has 2 nitrogen and oxygen atoms in total. The predicted molar refractivity (Wildman–Crippen MR) is 61.5 cm³/mol. The van der Waals surface area contributed by atoms with Gasteiger partial charge in [-0.2, -0.15) is 0 Å². The fourth-order valence-corrected chi connectivity index (χ4v) is 1.20. The van der Waals surface area contributed by atoms with Gasteiger partial charge in [0.05, 0.1) is 6.54 Å². The monoisotopic (exact) mass is 199 g/mol. The largest absolute Gasteiger partial charge is 0.305 e. The Bertz CT molecular complexity index is 158. The van der Waals surface area contributed by atoms with E-state index >= 15 is 0 Å². The summed E-state index contributed by atoms with van der Waals surface area (Å²) in [5, 5.41) is 3.21. The molecule has 0 aromatic rings. The summed E-state index contributed by atoms with van der Waals surface area (Å²) in [7, 11) is 0. The zero-order chi connectivity index (χ0) is 11.0. The highest BCUT2D eigenvalue weighted by molar-refractivity contribution is 5.80. The summed E-state index contributed by atoms with van der Waals surface area (Å²) in [4.78, 5) is 11.4. The summed E-state index contributed by atoms with van der Waals surface area (Å²) in [5.41, 5.74) is 0.0546. The topological polar surface area (TPSA) is 29.1 Å². The highest BCUT2D eigenvalue weighted by Gasteiger charge is 2.10. The molecule has 84 valence electrons. The molecule has 0 bridgehead atoms. The van der Waals surface area contributed by atoms with E-state index < -0.39 is 0 Å². The first-order chi connectivity index (χ1) is 6.45. The maximum absolute atomic E-state index is 11.4. The molecule has 0 aromatic heterocycles. The van der Waals surface area contributed by atoms with Crippen molar-refractivity contribution in [2.45, 2.75) is 65.3 Å². The van der Waals surface area contributed by atoms with Crippen molar-refractivity contribution in [1.82, 2.24) is 5.32 Å². The number of unbranched alkanes of at least 4 members (excludes halogenated alkanes) is 3. The Hall–Kier alpha value is -0.370. The molecule has 0 spiro atoms. The van der Waals surface area contributed by atoms with Crippen LogP contribution in [0.1, 0.15) is 59.8 Å². The molecule has 0 atom stereocenters. The van der Waals surface area contributed by atoms with Gasteiger partial charge in [0, 0.05) is 12.0 Å². The minimum atomic E-state index is 0.0546. The first kappa shape index (κ1) is 13.6. The van der Waals surface area contributed by atoms with Crippen molar-refractivity contribution in [3.05, 3.63) is 0 Å². The SMILES string of the molecule is CCCCCCC(=O)CNC(C)(C)C. The van der Waals surface area contributed by atoms with Gasteiger partial charge in [0.25, 0.3) is 0 Å². The lowest BCUT2D eigenvalue weighted by Crippen LogP contribution is -2.39. The van der Waals surface area contributed by atoms with Gasteiger partial charge in [0.2, 0.25) is 0 Å². The molecule has 0 radical (unpaired) electrons. The van der Waals surface area contributed by atoms with Crippen LogP contribution in [0.15, 0.2) is 0 Å². The van der Waals surface area contributed by atoms with E-state index in [4.69, 9.17) is 0 Å². The first-order valence-corrected chi connectivity index (χ1v) is 5.72. The molecule has 0 aliphatic heterocycles. The Morgan fingerprint density at radius 3 is 2.29 bits per heavy atom. The molecule has 0 aromatic carbocycles. The molecule has 0 saturated carbocycles. The lowest BCUT2D eigenvalue weighted by atomic mass is 10.1. The van der Waals surface area contributed by atoms with Gasteiger partial charge in [0.1, 0.15) is 5.78 Å². The number of carbonyl (C=O) groups is 1. The van der Waals surface area contributed by atoms with Crippen LogP contribution in [0, 0.1) is 0 Å². The molecular weight excluding hydrogens is 174 g/mol. The molecule has 0 saturated heterocycles. The summed E-state index contributed by atoms with van der Waals surface area (Å²) < 4.78 is 0. The molecule has 0 rings (SSSR count). The van der Waals surface area contributed by atoms with Crippen LogP contribution in [0.2, 0.25) is 0 Å².